The third-order valence-electron chi connectivity index (χ3n) is 2.78. The van der Waals surface area contributed by atoms with Gasteiger partial charge in [0.05, 0.1) is 4.92 Å². The first-order valence-corrected chi connectivity index (χ1v) is 6.95. The van der Waals surface area contributed by atoms with Crippen molar-refractivity contribution in [2.45, 2.75) is 10.6 Å². The largest absolute Gasteiger partial charge is 0.508 e. The van der Waals surface area contributed by atoms with Crippen molar-refractivity contribution in [3.63, 3.8) is 0 Å². The summed E-state index contributed by atoms with van der Waals surface area (Å²) in [6.45, 7) is 0. The van der Waals surface area contributed by atoms with Crippen molar-refractivity contribution in [3.05, 3.63) is 58.1 Å². The van der Waals surface area contributed by atoms with Gasteiger partial charge in [-0.05, 0) is 29.8 Å². The molecule has 20 heavy (non-hydrogen) atoms. The Bertz CT molecular complexity index is 632. The number of aromatic hydroxyl groups is 1. The Balaban J connectivity index is 2.19. The Morgan fingerprint density at radius 1 is 1.30 bits per heavy atom. The van der Waals surface area contributed by atoms with Crippen molar-refractivity contribution >= 4 is 23.1 Å². The van der Waals surface area contributed by atoms with Crippen LogP contribution in [0.3, 0.4) is 0 Å². The quantitative estimate of drug-likeness (QED) is 0.499. The molecule has 0 atom stereocenters. The number of hydrogen-bond donors (Lipinski definition) is 2. The summed E-state index contributed by atoms with van der Waals surface area (Å²) in [6, 6.07) is 11.7. The zero-order valence-corrected chi connectivity index (χ0v) is 11.7. The normalized spacial score (nSPS) is 10.2. The lowest BCUT2D eigenvalue weighted by molar-refractivity contribution is -0.384. The van der Waals surface area contributed by atoms with Crippen LogP contribution < -0.4 is 5.32 Å². The van der Waals surface area contributed by atoms with E-state index in [9.17, 15) is 15.2 Å². The Morgan fingerprint density at radius 2 is 2.10 bits per heavy atom. The van der Waals surface area contributed by atoms with E-state index in [4.69, 9.17) is 0 Å². The monoisotopic (exact) mass is 290 g/mol. The van der Waals surface area contributed by atoms with Crippen LogP contribution in [0.2, 0.25) is 0 Å². The van der Waals surface area contributed by atoms with Gasteiger partial charge in [-0.15, -0.1) is 11.8 Å². The van der Waals surface area contributed by atoms with Crippen LogP contribution in [0.5, 0.6) is 5.75 Å². The number of benzene rings is 2. The highest BCUT2D eigenvalue weighted by Crippen LogP contribution is 2.30. The van der Waals surface area contributed by atoms with Gasteiger partial charge in [0.25, 0.3) is 5.69 Å². The lowest BCUT2D eigenvalue weighted by Crippen LogP contribution is -1.96. The van der Waals surface area contributed by atoms with Gasteiger partial charge in [0, 0.05) is 35.5 Å². The van der Waals surface area contributed by atoms with E-state index in [1.807, 2.05) is 6.07 Å². The van der Waals surface area contributed by atoms with Crippen molar-refractivity contribution in [2.24, 2.45) is 0 Å². The molecule has 0 bridgehead atoms. The standard InChI is InChI=1S/C14H14N2O3S/c1-15-14-6-5-11(16(18)19)7-10(14)9-20-13-4-2-3-12(17)8-13/h2-8,15,17H,9H2,1H3. The average Bonchev–Trinajstić information content (AvgIpc) is 2.44. The second-order valence-corrected chi connectivity index (χ2v) is 5.18. The molecule has 6 heteroatoms. The van der Waals surface area contributed by atoms with Crippen LogP contribution in [0.1, 0.15) is 5.56 Å². The number of rotatable bonds is 5. The lowest BCUT2D eigenvalue weighted by Gasteiger charge is -2.09. The summed E-state index contributed by atoms with van der Waals surface area (Å²) in [5.41, 5.74) is 1.80. The van der Waals surface area contributed by atoms with Gasteiger partial charge >= 0.3 is 0 Å². The van der Waals surface area contributed by atoms with E-state index in [1.54, 1.807) is 37.4 Å². The van der Waals surface area contributed by atoms with Crippen LogP contribution in [0.15, 0.2) is 47.4 Å². The van der Waals surface area contributed by atoms with Crippen LogP contribution in [-0.4, -0.2) is 17.1 Å². The molecule has 0 aromatic heterocycles. The van der Waals surface area contributed by atoms with Gasteiger partial charge in [-0.25, -0.2) is 0 Å². The maximum Gasteiger partial charge on any atom is 0.269 e. The molecule has 2 N–H and O–H groups in total. The summed E-state index contributed by atoms with van der Waals surface area (Å²) < 4.78 is 0. The fraction of sp³-hybridized carbons (Fsp3) is 0.143. The zero-order chi connectivity index (χ0) is 14.5. The molecule has 0 aliphatic rings. The van der Waals surface area contributed by atoms with Gasteiger partial charge in [-0.1, -0.05) is 6.07 Å². The molecule has 0 radical (unpaired) electrons. The van der Waals surface area contributed by atoms with Crippen LogP contribution >= 0.6 is 11.8 Å². The van der Waals surface area contributed by atoms with E-state index < -0.39 is 4.92 Å². The van der Waals surface area contributed by atoms with E-state index in [2.05, 4.69) is 5.32 Å². The maximum atomic E-state index is 10.8. The fourth-order valence-corrected chi connectivity index (χ4v) is 2.73. The molecule has 5 nitrogen and oxygen atoms in total. The number of nitro benzene ring substituents is 1. The molecule has 2 rings (SSSR count). The second-order valence-electron chi connectivity index (χ2n) is 4.13. The number of phenols is 1. The summed E-state index contributed by atoms with van der Waals surface area (Å²) in [7, 11) is 1.78. The minimum Gasteiger partial charge on any atom is -0.508 e. The third-order valence-corrected chi connectivity index (χ3v) is 3.82. The number of nitrogens with one attached hydrogen (secondary N) is 1. The van der Waals surface area contributed by atoms with E-state index in [-0.39, 0.29) is 11.4 Å². The maximum absolute atomic E-state index is 10.8. The molecule has 2 aromatic carbocycles. The number of nitro groups is 1. The highest BCUT2D eigenvalue weighted by molar-refractivity contribution is 7.98. The fourth-order valence-electron chi connectivity index (χ4n) is 1.79. The van der Waals surface area contributed by atoms with Crippen LogP contribution in [0.25, 0.3) is 0 Å². The van der Waals surface area contributed by atoms with Gasteiger partial charge in [-0.2, -0.15) is 0 Å². The molecular formula is C14H14N2O3S. The van der Waals surface area contributed by atoms with Crippen molar-refractivity contribution in [3.8, 4) is 5.75 Å². The van der Waals surface area contributed by atoms with Crippen LogP contribution in [0.4, 0.5) is 11.4 Å². The van der Waals surface area contributed by atoms with Gasteiger partial charge in [0.15, 0.2) is 0 Å². The molecule has 2 aromatic rings. The Kier molecular flexibility index (Phi) is 4.47. The molecule has 0 spiro atoms. The van der Waals surface area contributed by atoms with Crippen LogP contribution in [0, 0.1) is 10.1 Å². The van der Waals surface area contributed by atoms with E-state index in [0.29, 0.717) is 5.75 Å². The van der Waals surface area contributed by atoms with E-state index in [0.717, 1.165) is 16.1 Å². The molecule has 0 unspecified atom stereocenters. The van der Waals surface area contributed by atoms with Gasteiger partial charge < -0.3 is 10.4 Å². The number of non-ortho nitro benzene ring substituents is 1. The minimum atomic E-state index is -0.401. The van der Waals surface area contributed by atoms with Crippen molar-refractivity contribution in [2.75, 3.05) is 12.4 Å². The summed E-state index contributed by atoms with van der Waals surface area (Å²) in [5.74, 6) is 0.796. The molecule has 0 saturated carbocycles. The first kappa shape index (κ1) is 14.2. The van der Waals surface area contributed by atoms with Gasteiger partial charge in [-0.3, -0.25) is 10.1 Å². The zero-order valence-electron chi connectivity index (χ0n) is 10.9. The molecule has 0 saturated heterocycles. The lowest BCUT2D eigenvalue weighted by atomic mass is 10.2. The first-order valence-electron chi connectivity index (χ1n) is 5.97. The average molecular weight is 290 g/mol. The highest BCUT2D eigenvalue weighted by Gasteiger charge is 2.10. The Morgan fingerprint density at radius 3 is 2.75 bits per heavy atom. The summed E-state index contributed by atoms with van der Waals surface area (Å²) in [6.07, 6.45) is 0. The molecule has 0 fully saturated rings. The molecular weight excluding hydrogens is 276 g/mol. The summed E-state index contributed by atoms with van der Waals surface area (Å²) in [4.78, 5) is 11.3. The van der Waals surface area contributed by atoms with Gasteiger partial charge in [0.1, 0.15) is 5.75 Å². The number of nitrogens with zero attached hydrogens (tertiary/aromatic N) is 1. The number of phenolic OH excluding ortho intramolecular Hbond substituents is 1. The van der Waals surface area contributed by atoms with E-state index in [1.165, 1.54) is 17.8 Å². The molecule has 0 amide bonds. The number of thioether (sulfide) groups is 1. The SMILES string of the molecule is CNc1ccc([N+](=O)[O-])cc1CSc1cccc(O)c1. The number of anilines is 1. The molecule has 104 valence electrons. The molecule has 0 aliphatic heterocycles. The smallest absolute Gasteiger partial charge is 0.269 e. The highest BCUT2D eigenvalue weighted by atomic mass is 32.2. The first-order chi connectivity index (χ1) is 9.60. The predicted molar refractivity (Wildman–Crippen MR) is 80.3 cm³/mol. The topological polar surface area (TPSA) is 75.4 Å². The van der Waals surface area contributed by atoms with E-state index >= 15 is 0 Å². The second kappa shape index (κ2) is 6.29. The van der Waals surface area contributed by atoms with Crippen LogP contribution in [-0.2, 0) is 5.75 Å². The summed E-state index contributed by atoms with van der Waals surface area (Å²) in [5, 5.41) is 23.3. The Labute approximate surface area is 120 Å². The minimum absolute atomic E-state index is 0.0792. The molecule has 0 heterocycles. The van der Waals surface area contributed by atoms with Gasteiger partial charge in [0.2, 0.25) is 0 Å². The van der Waals surface area contributed by atoms with Crippen molar-refractivity contribution < 1.29 is 10.0 Å². The predicted octanol–water partition coefficient (Wildman–Crippen LogP) is 3.63. The van der Waals surface area contributed by atoms with Crippen molar-refractivity contribution in [1.29, 1.82) is 0 Å². The third kappa shape index (κ3) is 3.42. The summed E-state index contributed by atoms with van der Waals surface area (Å²) >= 11 is 1.52. The number of hydrogen-bond acceptors (Lipinski definition) is 5. The Hall–Kier alpha value is -2.21. The molecule has 0 aliphatic carbocycles. The van der Waals surface area contributed by atoms with Crippen molar-refractivity contribution in [1.82, 2.24) is 0 Å².